The summed E-state index contributed by atoms with van der Waals surface area (Å²) in [6.45, 7) is -0.0583. The van der Waals surface area contributed by atoms with Crippen molar-refractivity contribution in [2.75, 3.05) is 6.61 Å². The second kappa shape index (κ2) is 1.83. The van der Waals surface area contributed by atoms with E-state index in [1.165, 1.54) is 0 Å². The normalized spacial score (nSPS) is 42.5. The van der Waals surface area contributed by atoms with Gasteiger partial charge in [-0.3, -0.25) is 4.79 Å². The van der Waals surface area contributed by atoms with Gasteiger partial charge >= 0.3 is 5.97 Å². The second-order valence-corrected chi connectivity index (χ2v) is 2.65. The fourth-order valence-electron chi connectivity index (χ4n) is 1.41. The Labute approximate surface area is 58.3 Å². The summed E-state index contributed by atoms with van der Waals surface area (Å²) in [4.78, 5) is 10.8. The molecule has 1 fully saturated rings. The minimum absolute atomic E-state index is 0.0582. The monoisotopic (exact) mass is 140 g/mol. The molecule has 0 bridgehead atoms. The summed E-state index contributed by atoms with van der Waals surface area (Å²) in [5.41, 5.74) is 0. The number of esters is 1. The molecule has 54 valence electrons. The van der Waals surface area contributed by atoms with Crippen LogP contribution in [-0.4, -0.2) is 23.8 Å². The first-order chi connectivity index (χ1) is 4.83. The van der Waals surface area contributed by atoms with Crippen LogP contribution in [0.5, 0.6) is 0 Å². The molecule has 0 aromatic rings. The van der Waals surface area contributed by atoms with Crippen LogP contribution in [0, 0.1) is 11.8 Å². The maximum Gasteiger partial charge on any atom is 0.313 e. The maximum absolute atomic E-state index is 10.8. The van der Waals surface area contributed by atoms with Crippen molar-refractivity contribution in [3.05, 3.63) is 12.2 Å². The third-order valence-electron chi connectivity index (χ3n) is 2.10. The SMILES string of the molecule is O=C1OC(CO)C2C=CC12. The van der Waals surface area contributed by atoms with Gasteiger partial charge in [0.25, 0.3) is 0 Å². The number of aliphatic hydroxyl groups excluding tert-OH is 1. The van der Waals surface area contributed by atoms with E-state index in [4.69, 9.17) is 9.84 Å². The summed E-state index contributed by atoms with van der Waals surface area (Å²) < 4.78 is 4.85. The van der Waals surface area contributed by atoms with E-state index in [1.54, 1.807) is 0 Å². The van der Waals surface area contributed by atoms with Gasteiger partial charge in [0, 0.05) is 5.92 Å². The Morgan fingerprint density at radius 3 is 2.70 bits per heavy atom. The Balaban J connectivity index is 2.17. The van der Waals surface area contributed by atoms with Gasteiger partial charge in [-0.2, -0.15) is 0 Å². The van der Waals surface area contributed by atoms with E-state index in [0.717, 1.165) is 0 Å². The molecule has 3 atom stereocenters. The Kier molecular flexibility index (Phi) is 1.08. The van der Waals surface area contributed by atoms with Crippen molar-refractivity contribution >= 4 is 5.97 Å². The first-order valence-corrected chi connectivity index (χ1v) is 3.32. The molecule has 1 aliphatic heterocycles. The number of hydrogen-bond donors (Lipinski definition) is 1. The van der Waals surface area contributed by atoms with Gasteiger partial charge in [-0.25, -0.2) is 0 Å². The fourth-order valence-corrected chi connectivity index (χ4v) is 1.41. The summed E-state index contributed by atoms with van der Waals surface area (Å²) in [5, 5.41) is 8.69. The average molecular weight is 140 g/mol. The smallest absolute Gasteiger partial charge is 0.313 e. The first-order valence-electron chi connectivity index (χ1n) is 3.32. The van der Waals surface area contributed by atoms with Gasteiger partial charge in [-0.15, -0.1) is 0 Å². The Morgan fingerprint density at radius 1 is 1.60 bits per heavy atom. The topological polar surface area (TPSA) is 46.5 Å². The minimum Gasteiger partial charge on any atom is -0.459 e. The van der Waals surface area contributed by atoms with Crippen molar-refractivity contribution < 1.29 is 14.6 Å². The molecule has 0 aromatic heterocycles. The number of carbonyl (C=O) groups is 1. The molecule has 0 amide bonds. The molecule has 2 aliphatic rings. The number of aliphatic hydroxyl groups is 1. The van der Waals surface area contributed by atoms with Gasteiger partial charge < -0.3 is 9.84 Å². The highest BCUT2D eigenvalue weighted by molar-refractivity contribution is 5.79. The molecule has 0 aromatic carbocycles. The Hall–Kier alpha value is -0.830. The van der Waals surface area contributed by atoms with Crippen LogP contribution >= 0.6 is 0 Å². The number of ether oxygens (including phenoxy) is 1. The van der Waals surface area contributed by atoms with Crippen LogP contribution in [0.25, 0.3) is 0 Å². The summed E-state index contributed by atoms with van der Waals surface area (Å²) in [6.07, 6.45) is 3.46. The molecular weight excluding hydrogens is 132 g/mol. The highest BCUT2D eigenvalue weighted by Crippen LogP contribution is 2.37. The molecule has 0 radical (unpaired) electrons. The number of hydrogen-bond acceptors (Lipinski definition) is 3. The number of carbonyl (C=O) groups excluding carboxylic acids is 1. The first kappa shape index (κ1) is 5.92. The van der Waals surface area contributed by atoms with Crippen LogP contribution in [0.4, 0.5) is 0 Å². The van der Waals surface area contributed by atoms with Crippen molar-refractivity contribution in [1.82, 2.24) is 0 Å². The number of fused-ring (bicyclic) bond motifs is 1. The minimum atomic E-state index is -0.275. The van der Waals surface area contributed by atoms with Gasteiger partial charge in [-0.05, 0) is 0 Å². The van der Waals surface area contributed by atoms with Crippen molar-refractivity contribution in [2.24, 2.45) is 11.8 Å². The highest BCUT2D eigenvalue weighted by atomic mass is 16.6. The predicted octanol–water partition coefficient (Wildman–Crippen LogP) is -0.294. The summed E-state index contributed by atoms with van der Waals surface area (Å²) in [7, 11) is 0. The average Bonchev–Trinajstić information content (AvgIpc) is 2.02. The van der Waals surface area contributed by atoms with E-state index in [2.05, 4.69) is 0 Å². The molecule has 2 rings (SSSR count). The molecule has 0 spiro atoms. The molecule has 1 aliphatic carbocycles. The maximum atomic E-state index is 10.8. The zero-order chi connectivity index (χ0) is 7.14. The van der Waals surface area contributed by atoms with Gasteiger partial charge in [0.2, 0.25) is 0 Å². The zero-order valence-corrected chi connectivity index (χ0v) is 5.36. The van der Waals surface area contributed by atoms with Gasteiger partial charge in [-0.1, -0.05) is 12.2 Å². The fraction of sp³-hybridized carbons (Fsp3) is 0.571. The molecule has 3 heteroatoms. The van der Waals surface area contributed by atoms with Crippen molar-refractivity contribution in [3.8, 4) is 0 Å². The third-order valence-corrected chi connectivity index (χ3v) is 2.10. The van der Waals surface area contributed by atoms with E-state index >= 15 is 0 Å². The lowest BCUT2D eigenvalue weighted by Crippen LogP contribution is -2.26. The van der Waals surface area contributed by atoms with E-state index in [0.29, 0.717) is 0 Å². The molecule has 1 N–H and O–H groups in total. The van der Waals surface area contributed by atoms with Crippen LogP contribution in [0.1, 0.15) is 0 Å². The predicted molar refractivity (Wildman–Crippen MR) is 33.1 cm³/mol. The van der Waals surface area contributed by atoms with Gasteiger partial charge in [0.15, 0.2) is 0 Å². The Morgan fingerprint density at radius 2 is 2.40 bits per heavy atom. The zero-order valence-electron chi connectivity index (χ0n) is 5.36. The van der Waals surface area contributed by atoms with Crippen molar-refractivity contribution in [3.63, 3.8) is 0 Å². The van der Waals surface area contributed by atoms with E-state index in [-0.39, 0.29) is 30.5 Å². The van der Waals surface area contributed by atoms with E-state index < -0.39 is 0 Å². The quantitative estimate of drug-likeness (QED) is 0.402. The molecule has 3 unspecified atom stereocenters. The van der Waals surface area contributed by atoms with Crippen LogP contribution in [0.3, 0.4) is 0 Å². The number of rotatable bonds is 1. The summed E-state index contributed by atoms with van der Waals surface area (Å²) in [5.74, 6) is -0.0961. The standard InChI is InChI=1S/C7H8O3/c8-3-6-4-1-2-5(4)7(9)10-6/h1-2,4-6,8H,3H2. The lowest BCUT2D eigenvalue weighted by atomic mass is 9.81. The van der Waals surface area contributed by atoms with Crippen LogP contribution in [0.15, 0.2) is 12.2 Å². The lowest BCUT2D eigenvalue weighted by molar-refractivity contribution is -0.144. The van der Waals surface area contributed by atoms with Crippen LogP contribution < -0.4 is 0 Å². The molecule has 1 heterocycles. The van der Waals surface area contributed by atoms with Crippen LogP contribution in [0.2, 0.25) is 0 Å². The Bertz CT molecular complexity index is 197. The van der Waals surface area contributed by atoms with Gasteiger partial charge in [0.05, 0.1) is 12.5 Å². The molecule has 10 heavy (non-hydrogen) atoms. The second-order valence-electron chi connectivity index (χ2n) is 2.65. The molecule has 3 nitrogen and oxygen atoms in total. The van der Waals surface area contributed by atoms with Gasteiger partial charge in [0.1, 0.15) is 6.10 Å². The summed E-state index contributed by atoms with van der Waals surface area (Å²) in [6, 6.07) is 0. The summed E-state index contributed by atoms with van der Waals surface area (Å²) >= 11 is 0. The molecule has 0 saturated carbocycles. The number of cyclic esters (lactones) is 1. The lowest BCUT2D eigenvalue weighted by Gasteiger charge is -2.19. The molecular formula is C7H8O3. The van der Waals surface area contributed by atoms with Crippen molar-refractivity contribution in [1.29, 1.82) is 0 Å². The van der Waals surface area contributed by atoms with Crippen LogP contribution in [-0.2, 0) is 9.53 Å². The van der Waals surface area contributed by atoms with E-state index in [1.807, 2.05) is 12.2 Å². The van der Waals surface area contributed by atoms with E-state index in [9.17, 15) is 4.79 Å². The van der Waals surface area contributed by atoms with Crippen molar-refractivity contribution in [2.45, 2.75) is 6.10 Å². The molecule has 1 saturated heterocycles. The third kappa shape index (κ3) is 0.555. The largest absolute Gasteiger partial charge is 0.459 e. The highest BCUT2D eigenvalue weighted by Gasteiger charge is 2.45.